The minimum Gasteiger partial charge on any atom is -0.481 e. The molecule has 0 fully saturated rings. The molecule has 0 aromatic carbocycles. The fourth-order valence-corrected chi connectivity index (χ4v) is 4.14. The van der Waals surface area contributed by atoms with Crippen LogP contribution in [0.3, 0.4) is 0 Å². The van der Waals surface area contributed by atoms with Crippen molar-refractivity contribution in [1.29, 1.82) is 0 Å². The van der Waals surface area contributed by atoms with Crippen molar-refractivity contribution in [2.24, 2.45) is 11.3 Å². The van der Waals surface area contributed by atoms with Gasteiger partial charge in [-0.3, -0.25) is 9.59 Å². The fraction of sp³-hybridized carbons (Fsp3) is 0.647. The van der Waals surface area contributed by atoms with E-state index in [1.807, 2.05) is 5.38 Å². The third-order valence-corrected chi connectivity index (χ3v) is 5.53. The van der Waals surface area contributed by atoms with Crippen LogP contribution in [0.25, 0.3) is 0 Å². The maximum absolute atomic E-state index is 12.2. The van der Waals surface area contributed by atoms with Crippen LogP contribution in [-0.4, -0.2) is 23.5 Å². The number of nitrogens with one attached hydrogen (secondary N) is 1. The fourth-order valence-electron chi connectivity index (χ4n) is 2.98. The number of thiophene rings is 1. The minimum atomic E-state index is -0.824. The zero-order chi connectivity index (χ0) is 16.3. The molecule has 0 radical (unpaired) electrons. The molecule has 1 aromatic rings. The molecule has 22 heavy (non-hydrogen) atoms. The summed E-state index contributed by atoms with van der Waals surface area (Å²) in [5.41, 5.74) is 2.31. The molecule has 1 atom stereocenters. The van der Waals surface area contributed by atoms with Gasteiger partial charge in [-0.2, -0.15) is 0 Å². The molecule has 4 nitrogen and oxygen atoms in total. The van der Waals surface area contributed by atoms with Gasteiger partial charge in [-0.1, -0.05) is 20.8 Å². The molecule has 2 rings (SSSR count). The molecule has 1 aromatic heterocycles. The Morgan fingerprint density at radius 3 is 2.77 bits per heavy atom. The molecule has 0 bridgehead atoms. The van der Waals surface area contributed by atoms with Crippen molar-refractivity contribution in [2.75, 3.05) is 6.54 Å². The van der Waals surface area contributed by atoms with Gasteiger partial charge in [-0.15, -0.1) is 11.3 Å². The van der Waals surface area contributed by atoms with Crippen LogP contribution in [0.15, 0.2) is 5.38 Å². The Labute approximate surface area is 135 Å². The van der Waals surface area contributed by atoms with E-state index in [9.17, 15) is 9.59 Å². The summed E-state index contributed by atoms with van der Waals surface area (Å²) in [6.07, 6.45) is 3.73. The van der Waals surface area contributed by atoms with E-state index in [-0.39, 0.29) is 12.3 Å². The first-order valence-corrected chi connectivity index (χ1v) is 8.76. The molecule has 1 amide bonds. The van der Waals surface area contributed by atoms with Gasteiger partial charge in [0.15, 0.2) is 0 Å². The first-order valence-electron chi connectivity index (χ1n) is 7.88. The Balaban J connectivity index is 1.96. The first-order chi connectivity index (χ1) is 10.3. The summed E-state index contributed by atoms with van der Waals surface area (Å²) in [5.74, 6) is -0.211. The van der Waals surface area contributed by atoms with Crippen LogP contribution in [0.2, 0.25) is 0 Å². The highest BCUT2D eigenvalue weighted by Crippen LogP contribution is 2.40. The number of amides is 1. The van der Waals surface area contributed by atoms with Crippen molar-refractivity contribution in [1.82, 2.24) is 5.32 Å². The Hall–Kier alpha value is -1.36. The molecule has 1 aliphatic carbocycles. The summed E-state index contributed by atoms with van der Waals surface area (Å²) in [5, 5.41) is 13.4. The average molecular weight is 323 g/mol. The minimum absolute atomic E-state index is 0.0582. The molecule has 5 heteroatoms. The van der Waals surface area contributed by atoms with E-state index in [1.54, 1.807) is 11.3 Å². The largest absolute Gasteiger partial charge is 0.481 e. The summed E-state index contributed by atoms with van der Waals surface area (Å²) in [6, 6.07) is 0. The molecule has 1 aliphatic rings. The Kier molecular flexibility index (Phi) is 5.27. The van der Waals surface area contributed by atoms with Gasteiger partial charge in [0.25, 0.3) is 5.91 Å². The number of carbonyl (C=O) groups excluding carboxylic acids is 1. The Morgan fingerprint density at radius 2 is 2.14 bits per heavy atom. The van der Waals surface area contributed by atoms with Crippen molar-refractivity contribution in [3.8, 4) is 0 Å². The van der Waals surface area contributed by atoms with Gasteiger partial charge in [0.1, 0.15) is 0 Å². The van der Waals surface area contributed by atoms with E-state index in [2.05, 4.69) is 26.1 Å². The number of carboxylic acid groups (broad SMARTS) is 1. The van der Waals surface area contributed by atoms with Crippen LogP contribution in [0.1, 0.15) is 60.8 Å². The van der Waals surface area contributed by atoms with E-state index in [1.165, 1.54) is 10.4 Å². The second-order valence-corrected chi connectivity index (χ2v) is 8.07. The smallest absolute Gasteiger partial charge is 0.303 e. The second-order valence-electron chi connectivity index (χ2n) is 7.11. The summed E-state index contributed by atoms with van der Waals surface area (Å²) < 4.78 is 0. The third-order valence-electron chi connectivity index (χ3n) is 4.48. The molecule has 0 spiro atoms. The lowest BCUT2D eigenvalue weighted by atomic mass is 9.72. The lowest BCUT2D eigenvalue weighted by Crippen LogP contribution is -2.28. The highest BCUT2D eigenvalue weighted by Gasteiger charge is 2.31. The lowest BCUT2D eigenvalue weighted by molar-refractivity contribution is -0.137. The van der Waals surface area contributed by atoms with Crippen LogP contribution < -0.4 is 5.32 Å². The Bertz CT molecular complexity index is 557. The van der Waals surface area contributed by atoms with E-state index >= 15 is 0 Å². The van der Waals surface area contributed by atoms with Crippen molar-refractivity contribution in [3.63, 3.8) is 0 Å². The highest BCUT2D eigenvalue weighted by molar-refractivity contribution is 7.10. The van der Waals surface area contributed by atoms with Crippen LogP contribution in [0.4, 0.5) is 0 Å². The maximum atomic E-state index is 12.2. The molecule has 1 unspecified atom stereocenters. The number of rotatable bonds is 5. The molecule has 0 saturated carbocycles. The number of hydrogen-bond donors (Lipinski definition) is 2. The van der Waals surface area contributed by atoms with Crippen LogP contribution in [0.5, 0.6) is 0 Å². The summed E-state index contributed by atoms with van der Waals surface area (Å²) in [6.45, 7) is 7.27. The number of aliphatic carboxylic acids is 1. The van der Waals surface area contributed by atoms with E-state index in [0.29, 0.717) is 24.3 Å². The predicted molar refractivity (Wildman–Crippen MR) is 88.5 cm³/mol. The summed E-state index contributed by atoms with van der Waals surface area (Å²) >= 11 is 1.69. The van der Waals surface area contributed by atoms with E-state index < -0.39 is 5.97 Å². The van der Waals surface area contributed by atoms with Gasteiger partial charge in [0.2, 0.25) is 0 Å². The molecule has 0 saturated heterocycles. The number of carbonyl (C=O) groups is 2. The van der Waals surface area contributed by atoms with E-state index in [4.69, 9.17) is 5.11 Å². The zero-order valence-corrected chi connectivity index (χ0v) is 14.4. The number of carboxylic acids is 1. The monoisotopic (exact) mass is 323 g/mol. The molecule has 0 aliphatic heterocycles. The van der Waals surface area contributed by atoms with Crippen LogP contribution in [0, 0.1) is 11.3 Å². The first kappa shape index (κ1) is 17.0. The van der Waals surface area contributed by atoms with Gasteiger partial charge in [0, 0.05) is 23.2 Å². The van der Waals surface area contributed by atoms with Crippen molar-refractivity contribution >= 4 is 23.2 Å². The van der Waals surface area contributed by atoms with Gasteiger partial charge in [-0.05, 0) is 42.6 Å². The lowest BCUT2D eigenvalue weighted by Gasteiger charge is -2.34. The third kappa shape index (κ3) is 4.09. The van der Waals surface area contributed by atoms with Gasteiger partial charge >= 0.3 is 5.97 Å². The standard InChI is InChI=1S/C17H25NO3S/c1-17(2,3)11-6-7-12-13(10-22-14(12)9-11)16(21)18-8-4-5-15(19)20/h10-11H,4-9H2,1-3H3,(H,18,21)(H,19,20). The molecular weight excluding hydrogens is 298 g/mol. The SMILES string of the molecule is CC(C)(C)C1CCc2c(C(=O)NCCCC(=O)O)csc2C1. The topological polar surface area (TPSA) is 66.4 Å². The average Bonchev–Trinajstić information content (AvgIpc) is 2.85. The van der Waals surface area contributed by atoms with Crippen molar-refractivity contribution in [2.45, 2.75) is 52.9 Å². The quantitative estimate of drug-likeness (QED) is 0.815. The zero-order valence-electron chi connectivity index (χ0n) is 13.6. The molecule has 122 valence electrons. The van der Waals surface area contributed by atoms with Crippen molar-refractivity contribution < 1.29 is 14.7 Å². The molecule has 2 N–H and O–H groups in total. The summed E-state index contributed by atoms with van der Waals surface area (Å²) in [4.78, 5) is 24.1. The van der Waals surface area contributed by atoms with Crippen LogP contribution >= 0.6 is 11.3 Å². The normalized spacial score (nSPS) is 17.9. The van der Waals surface area contributed by atoms with E-state index in [0.717, 1.165) is 24.8 Å². The summed E-state index contributed by atoms with van der Waals surface area (Å²) in [7, 11) is 0. The highest BCUT2D eigenvalue weighted by atomic mass is 32.1. The van der Waals surface area contributed by atoms with Crippen molar-refractivity contribution in [3.05, 3.63) is 21.4 Å². The second kappa shape index (κ2) is 6.82. The Morgan fingerprint density at radius 1 is 1.41 bits per heavy atom. The molecule has 1 heterocycles. The predicted octanol–water partition coefficient (Wildman–Crippen LogP) is 3.49. The van der Waals surface area contributed by atoms with Gasteiger partial charge < -0.3 is 10.4 Å². The molecular formula is C17H25NO3S. The number of hydrogen-bond acceptors (Lipinski definition) is 3. The van der Waals surface area contributed by atoms with Gasteiger partial charge in [0.05, 0.1) is 5.56 Å². The number of fused-ring (bicyclic) bond motifs is 1. The van der Waals surface area contributed by atoms with Crippen LogP contribution in [-0.2, 0) is 17.6 Å². The van der Waals surface area contributed by atoms with Gasteiger partial charge in [-0.25, -0.2) is 0 Å². The maximum Gasteiger partial charge on any atom is 0.303 e.